The van der Waals surface area contributed by atoms with Gasteiger partial charge in [-0.25, -0.2) is 0 Å². The van der Waals surface area contributed by atoms with Crippen LogP contribution >= 0.6 is 0 Å². The molecule has 1 saturated heterocycles. The zero-order valence-electron chi connectivity index (χ0n) is 12.3. The second-order valence-electron chi connectivity index (χ2n) is 5.94. The van der Waals surface area contributed by atoms with Gasteiger partial charge in [0, 0.05) is 25.2 Å². The third-order valence-corrected chi connectivity index (χ3v) is 4.11. The van der Waals surface area contributed by atoms with Gasteiger partial charge in [0.25, 0.3) is 0 Å². The van der Waals surface area contributed by atoms with Gasteiger partial charge in [-0.2, -0.15) is 0 Å². The summed E-state index contributed by atoms with van der Waals surface area (Å²) in [4.78, 5) is 14.5. The van der Waals surface area contributed by atoms with Crippen molar-refractivity contribution in [3.63, 3.8) is 0 Å². The molecular formula is C14H26N2O3. The zero-order chi connectivity index (χ0) is 13.9. The highest BCUT2D eigenvalue weighted by molar-refractivity contribution is 5.80. The van der Waals surface area contributed by atoms with Crippen LogP contribution in [0.1, 0.15) is 33.1 Å². The van der Waals surface area contributed by atoms with Gasteiger partial charge in [0.05, 0.1) is 20.3 Å². The molecule has 0 radical (unpaired) electrons. The van der Waals surface area contributed by atoms with E-state index in [1.165, 1.54) is 20.0 Å². The molecule has 0 spiro atoms. The van der Waals surface area contributed by atoms with E-state index in [2.05, 4.69) is 17.1 Å². The van der Waals surface area contributed by atoms with Crippen LogP contribution in [-0.2, 0) is 14.3 Å². The monoisotopic (exact) mass is 270 g/mol. The summed E-state index contributed by atoms with van der Waals surface area (Å²) in [7, 11) is 1.47. The molecule has 5 heteroatoms. The quantitative estimate of drug-likeness (QED) is 0.723. The summed E-state index contributed by atoms with van der Waals surface area (Å²) in [6, 6.07) is 0.834. The largest absolute Gasteiger partial charge is 0.468 e. The first-order valence-electron chi connectivity index (χ1n) is 7.23. The first kappa shape index (κ1) is 14.8. The Morgan fingerprint density at radius 3 is 2.63 bits per heavy atom. The summed E-state index contributed by atoms with van der Waals surface area (Å²) >= 11 is 0. The van der Waals surface area contributed by atoms with E-state index >= 15 is 0 Å². The van der Waals surface area contributed by atoms with E-state index in [-0.39, 0.29) is 5.97 Å². The molecule has 1 saturated carbocycles. The lowest BCUT2D eigenvalue weighted by Gasteiger charge is -2.37. The molecular weight excluding hydrogens is 244 g/mol. The molecule has 2 atom stereocenters. The van der Waals surface area contributed by atoms with E-state index in [1.54, 1.807) is 0 Å². The van der Waals surface area contributed by atoms with Crippen molar-refractivity contribution in [3.8, 4) is 0 Å². The Morgan fingerprint density at radius 1 is 1.47 bits per heavy atom. The van der Waals surface area contributed by atoms with Crippen molar-refractivity contribution < 1.29 is 14.3 Å². The van der Waals surface area contributed by atoms with Gasteiger partial charge in [0.2, 0.25) is 0 Å². The number of methoxy groups -OCH3 is 1. The van der Waals surface area contributed by atoms with Crippen molar-refractivity contribution in [1.29, 1.82) is 0 Å². The van der Waals surface area contributed by atoms with Gasteiger partial charge in [-0.1, -0.05) is 0 Å². The molecule has 1 heterocycles. The fourth-order valence-corrected chi connectivity index (χ4v) is 2.84. The van der Waals surface area contributed by atoms with Crippen molar-refractivity contribution in [2.45, 2.75) is 50.7 Å². The highest BCUT2D eigenvalue weighted by Gasteiger charge is 2.41. The van der Waals surface area contributed by atoms with Crippen molar-refractivity contribution in [2.75, 3.05) is 33.4 Å². The Hall–Kier alpha value is -0.650. The number of morpholine rings is 1. The lowest BCUT2D eigenvalue weighted by Crippen LogP contribution is -2.55. The standard InChI is InChI=1S/C14H26N2O3/c1-11(16-6-8-19-9-7-16)10-14(2,13(17)18-3)15-12-4-5-12/h11-12,15H,4-10H2,1-3H3. The summed E-state index contributed by atoms with van der Waals surface area (Å²) in [5.74, 6) is -0.153. The molecule has 2 fully saturated rings. The molecule has 1 aliphatic heterocycles. The lowest BCUT2D eigenvalue weighted by atomic mass is 9.92. The summed E-state index contributed by atoms with van der Waals surface area (Å²) in [5.41, 5.74) is -0.576. The van der Waals surface area contributed by atoms with Crippen LogP contribution in [-0.4, -0.2) is 61.9 Å². The number of carbonyl (C=O) groups excluding carboxylic acids is 1. The molecule has 0 aromatic rings. The van der Waals surface area contributed by atoms with E-state index in [1.807, 2.05) is 6.92 Å². The van der Waals surface area contributed by atoms with Gasteiger partial charge in [0.1, 0.15) is 5.54 Å². The zero-order valence-corrected chi connectivity index (χ0v) is 12.3. The average Bonchev–Trinajstić information content (AvgIpc) is 3.22. The van der Waals surface area contributed by atoms with Gasteiger partial charge in [-0.05, 0) is 33.1 Å². The van der Waals surface area contributed by atoms with Gasteiger partial charge in [-0.3, -0.25) is 15.0 Å². The minimum Gasteiger partial charge on any atom is -0.468 e. The summed E-state index contributed by atoms with van der Waals surface area (Å²) in [6.07, 6.45) is 3.10. The molecule has 1 N–H and O–H groups in total. The van der Waals surface area contributed by atoms with Crippen molar-refractivity contribution >= 4 is 5.97 Å². The number of esters is 1. The number of ether oxygens (including phenoxy) is 2. The van der Waals surface area contributed by atoms with E-state index in [9.17, 15) is 4.79 Å². The normalized spacial score (nSPS) is 25.6. The fourth-order valence-electron chi connectivity index (χ4n) is 2.84. The smallest absolute Gasteiger partial charge is 0.325 e. The molecule has 0 aromatic carbocycles. The molecule has 1 aliphatic carbocycles. The third kappa shape index (κ3) is 3.91. The molecule has 2 rings (SSSR count). The van der Waals surface area contributed by atoms with Crippen LogP contribution in [0.15, 0.2) is 0 Å². The highest BCUT2D eigenvalue weighted by Crippen LogP contribution is 2.26. The van der Waals surface area contributed by atoms with E-state index in [4.69, 9.17) is 9.47 Å². The topological polar surface area (TPSA) is 50.8 Å². The fraction of sp³-hybridized carbons (Fsp3) is 0.929. The van der Waals surface area contributed by atoms with Crippen LogP contribution in [0.25, 0.3) is 0 Å². The Kier molecular flexibility index (Phi) is 4.81. The molecule has 110 valence electrons. The second kappa shape index (κ2) is 6.20. The number of nitrogens with one attached hydrogen (secondary N) is 1. The highest BCUT2D eigenvalue weighted by atomic mass is 16.5. The predicted octanol–water partition coefficient (Wildman–Crippen LogP) is 0.781. The molecule has 2 aliphatic rings. The molecule has 5 nitrogen and oxygen atoms in total. The lowest BCUT2D eigenvalue weighted by molar-refractivity contribution is -0.149. The predicted molar refractivity (Wildman–Crippen MR) is 73.0 cm³/mol. The van der Waals surface area contributed by atoms with Crippen molar-refractivity contribution in [2.24, 2.45) is 0 Å². The average molecular weight is 270 g/mol. The Morgan fingerprint density at radius 2 is 2.11 bits per heavy atom. The van der Waals surface area contributed by atoms with Gasteiger partial charge in [-0.15, -0.1) is 0 Å². The summed E-state index contributed by atoms with van der Waals surface area (Å²) < 4.78 is 10.4. The van der Waals surface area contributed by atoms with Crippen LogP contribution in [0.4, 0.5) is 0 Å². The van der Waals surface area contributed by atoms with E-state index in [0.717, 1.165) is 32.7 Å². The van der Waals surface area contributed by atoms with Gasteiger partial charge >= 0.3 is 5.97 Å². The summed E-state index contributed by atoms with van der Waals surface area (Å²) in [5, 5.41) is 3.46. The first-order valence-corrected chi connectivity index (χ1v) is 7.23. The number of hydrogen-bond donors (Lipinski definition) is 1. The molecule has 19 heavy (non-hydrogen) atoms. The SMILES string of the molecule is COC(=O)C(C)(CC(C)N1CCOCC1)NC1CC1. The number of rotatable bonds is 6. The number of hydrogen-bond acceptors (Lipinski definition) is 5. The molecule has 0 amide bonds. The van der Waals surface area contributed by atoms with Crippen molar-refractivity contribution in [1.82, 2.24) is 10.2 Å². The van der Waals surface area contributed by atoms with Gasteiger partial charge < -0.3 is 9.47 Å². The maximum atomic E-state index is 12.1. The van der Waals surface area contributed by atoms with E-state index in [0.29, 0.717) is 12.1 Å². The maximum absolute atomic E-state index is 12.1. The van der Waals surface area contributed by atoms with Crippen LogP contribution < -0.4 is 5.32 Å². The molecule has 2 unspecified atom stereocenters. The Bertz CT molecular complexity index is 314. The van der Waals surface area contributed by atoms with Crippen LogP contribution in [0.3, 0.4) is 0 Å². The third-order valence-electron chi connectivity index (χ3n) is 4.11. The van der Waals surface area contributed by atoms with Crippen LogP contribution in [0.2, 0.25) is 0 Å². The van der Waals surface area contributed by atoms with Crippen LogP contribution in [0.5, 0.6) is 0 Å². The number of nitrogens with zero attached hydrogens (tertiary/aromatic N) is 1. The molecule has 0 aromatic heterocycles. The van der Waals surface area contributed by atoms with Crippen molar-refractivity contribution in [3.05, 3.63) is 0 Å². The Labute approximate surface area is 115 Å². The molecule has 0 bridgehead atoms. The van der Waals surface area contributed by atoms with E-state index < -0.39 is 5.54 Å². The first-order chi connectivity index (χ1) is 9.05. The summed E-state index contributed by atoms with van der Waals surface area (Å²) in [6.45, 7) is 7.61. The second-order valence-corrected chi connectivity index (χ2v) is 5.94. The Balaban J connectivity index is 1.95. The maximum Gasteiger partial charge on any atom is 0.325 e. The van der Waals surface area contributed by atoms with Gasteiger partial charge in [0.15, 0.2) is 0 Å². The van der Waals surface area contributed by atoms with Crippen LogP contribution in [0, 0.1) is 0 Å². The number of carbonyl (C=O) groups is 1. The minimum atomic E-state index is -0.576. The minimum absolute atomic E-state index is 0.153.